The Hall–Kier alpha value is -3.03. The number of hydrogen-bond acceptors (Lipinski definition) is 6. The van der Waals surface area contributed by atoms with Gasteiger partial charge in [0.15, 0.2) is 17.0 Å². The molecule has 0 spiro atoms. The highest BCUT2D eigenvalue weighted by Crippen LogP contribution is 2.24. The predicted molar refractivity (Wildman–Crippen MR) is 103 cm³/mol. The number of amides is 1. The van der Waals surface area contributed by atoms with Gasteiger partial charge in [0.2, 0.25) is 5.91 Å². The van der Waals surface area contributed by atoms with E-state index in [-0.39, 0.29) is 11.8 Å². The summed E-state index contributed by atoms with van der Waals surface area (Å²) in [5.41, 5.74) is 3.47. The summed E-state index contributed by atoms with van der Waals surface area (Å²) >= 11 is 0. The number of fused-ring (bicyclic) bond motifs is 1. The molecule has 0 atom stereocenters. The number of carbonyl (C=O) groups is 1. The number of benzene rings is 1. The van der Waals surface area contributed by atoms with Crippen molar-refractivity contribution in [3.8, 4) is 5.69 Å². The van der Waals surface area contributed by atoms with Crippen LogP contribution in [0.1, 0.15) is 19.4 Å². The lowest BCUT2D eigenvalue weighted by Gasteiger charge is -2.36. The van der Waals surface area contributed by atoms with E-state index in [9.17, 15) is 4.79 Å². The molecule has 8 heteroatoms. The van der Waals surface area contributed by atoms with Gasteiger partial charge >= 0.3 is 0 Å². The van der Waals surface area contributed by atoms with Crippen LogP contribution in [0.25, 0.3) is 16.9 Å². The maximum absolute atomic E-state index is 12.2. The summed E-state index contributed by atoms with van der Waals surface area (Å²) in [4.78, 5) is 25.1. The molecule has 1 amide bonds. The lowest BCUT2D eigenvalue weighted by atomic mass is 10.1. The van der Waals surface area contributed by atoms with Crippen molar-refractivity contribution >= 4 is 22.9 Å². The topological polar surface area (TPSA) is 80.0 Å². The van der Waals surface area contributed by atoms with E-state index in [1.54, 1.807) is 11.0 Å². The van der Waals surface area contributed by atoms with E-state index in [0.717, 1.165) is 24.6 Å². The van der Waals surface area contributed by atoms with Gasteiger partial charge in [-0.05, 0) is 19.1 Å². The van der Waals surface area contributed by atoms with Crippen LogP contribution in [0.15, 0.2) is 30.6 Å². The van der Waals surface area contributed by atoms with E-state index < -0.39 is 0 Å². The molecule has 0 unspecified atom stereocenters. The standard InChI is InChI=1S/C19H23N7O/c1-13(2)19(27)25-10-8-24(9-11-25)17-16-18(21-12-20-17)26(23-22-16)15-6-4-14(3)5-7-15/h4-7,12-13H,8-11H2,1-3H3. The van der Waals surface area contributed by atoms with E-state index in [0.29, 0.717) is 24.3 Å². The number of piperazine rings is 1. The number of aromatic nitrogens is 5. The monoisotopic (exact) mass is 365 g/mol. The first-order valence-electron chi connectivity index (χ1n) is 9.22. The Morgan fingerprint density at radius 3 is 2.41 bits per heavy atom. The van der Waals surface area contributed by atoms with Gasteiger partial charge in [-0.3, -0.25) is 4.79 Å². The first-order chi connectivity index (χ1) is 13.0. The van der Waals surface area contributed by atoms with Gasteiger partial charge in [0.05, 0.1) is 5.69 Å². The van der Waals surface area contributed by atoms with Crippen LogP contribution in [0, 0.1) is 12.8 Å². The third-order valence-electron chi connectivity index (χ3n) is 4.88. The van der Waals surface area contributed by atoms with Gasteiger partial charge in [0.25, 0.3) is 0 Å². The van der Waals surface area contributed by atoms with Gasteiger partial charge in [-0.15, -0.1) is 5.10 Å². The molecule has 3 aromatic rings. The third kappa shape index (κ3) is 3.22. The van der Waals surface area contributed by atoms with Gasteiger partial charge in [0.1, 0.15) is 6.33 Å². The van der Waals surface area contributed by atoms with Crippen molar-refractivity contribution in [3.05, 3.63) is 36.2 Å². The highest BCUT2D eigenvalue weighted by molar-refractivity contribution is 5.84. The Morgan fingerprint density at radius 1 is 1.04 bits per heavy atom. The molecule has 0 saturated carbocycles. The number of nitrogens with zero attached hydrogens (tertiary/aromatic N) is 7. The lowest BCUT2D eigenvalue weighted by Crippen LogP contribution is -2.50. The minimum Gasteiger partial charge on any atom is -0.351 e. The minimum atomic E-state index is 0.0247. The van der Waals surface area contributed by atoms with E-state index in [4.69, 9.17) is 0 Å². The van der Waals surface area contributed by atoms with Crippen molar-refractivity contribution in [3.63, 3.8) is 0 Å². The summed E-state index contributed by atoms with van der Waals surface area (Å²) in [5.74, 6) is 1.000. The Kier molecular flexibility index (Phi) is 4.47. The normalized spacial score (nSPS) is 15.0. The van der Waals surface area contributed by atoms with Gasteiger partial charge in [-0.2, -0.15) is 4.68 Å². The molecule has 27 heavy (non-hydrogen) atoms. The predicted octanol–water partition coefficient (Wildman–Crippen LogP) is 1.82. The quantitative estimate of drug-likeness (QED) is 0.704. The Balaban J connectivity index is 1.61. The highest BCUT2D eigenvalue weighted by atomic mass is 16.2. The van der Waals surface area contributed by atoms with Gasteiger partial charge < -0.3 is 9.80 Å². The first-order valence-corrected chi connectivity index (χ1v) is 9.22. The zero-order valence-corrected chi connectivity index (χ0v) is 15.8. The SMILES string of the molecule is Cc1ccc(-n2nnc3c(N4CCN(C(=O)C(C)C)CC4)ncnc32)cc1. The van der Waals surface area contributed by atoms with E-state index in [1.165, 1.54) is 5.56 Å². The molecule has 4 rings (SSSR count). The molecule has 0 radical (unpaired) electrons. The molecule has 0 bridgehead atoms. The minimum absolute atomic E-state index is 0.0247. The lowest BCUT2D eigenvalue weighted by molar-refractivity contribution is -0.134. The fraction of sp³-hybridized carbons (Fsp3) is 0.421. The van der Waals surface area contributed by atoms with Crippen molar-refractivity contribution in [2.75, 3.05) is 31.1 Å². The number of anilines is 1. The molecule has 1 aliphatic rings. The molecule has 1 saturated heterocycles. The van der Waals surface area contributed by atoms with Crippen LogP contribution >= 0.6 is 0 Å². The molecule has 3 heterocycles. The van der Waals surface area contributed by atoms with Crippen LogP contribution in [0.2, 0.25) is 0 Å². The highest BCUT2D eigenvalue weighted by Gasteiger charge is 2.25. The Labute approximate surface area is 157 Å². The molecule has 1 aliphatic heterocycles. The van der Waals surface area contributed by atoms with Crippen LogP contribution in [-0.2, 0) is 4.79 Å². The Morgan fingerprint density at radius 2 is 1.74 bits per heavy atom. The smallest absolute Gasteiger partial charge is 0.225 e. The second kappa shape index (κ2) is 6.94. The Bertz CT molecular complexity index is 956. The van der Waals surface area contributed by atoms with Gasteiger partial charge in [-0.1, -0.05) is 36.8 Å². The van der Waals surface area contributed by atoms with Crippen molar-refractivity contribution in [1.29, 1.82) is 0 Å². The van der Waals surface area contributed by atoms with E-state index in [2.05, 4.69) is 25.2 Å². The molecular weight excluding hydrogens is 342 g/mol. The largest absolute Gasteiger partial charge is 0.351 e. The molecule has 0 aliphatic carbocycles. The molecular formula is C19H23N7O. The molecule has 1 fully saturated rings. The summed E-state index contributed by atoms with van der Waals surface area (Å²) in [6.45, 7) is 8.75. The van der Waals surface area contributed by atoms with E-state index >= 15 is 0 Å². The van der Waals surface area contributed by atoms with Crippen LogP contribution in [-0.4, -0.2) is 61.9 Å². The summed E-state index contributed by atoms with van der Waals surface area (Å²) in [6.07, 6.45) is 1.55. The zero-order chi connectivity index (χ0) is 19.0. The maximum atomic E-state index is 12.2. The van der Waals surface area contributed by atoms with Crippen molar-refractivity contribution in [2.45, 2.75) is 20.8 Å². The van der Waals surface area contributed by atoms with Crippen LogP contribution in [0.4, 0.5) is 5.82 Å². The van der Waals surface area contributed by atoms with Gasteiger partial charge in [0, 0.05) is 32.1 Å². The first kappa shape index (κ1) is 17.4. The summed E-state index contributed by atoms with van der Waals surface area (Å²) in [6, 6.07) is 8.08. The molecule has 0 N–H and O–H groups in total. The fourth-order valence-corrected chi connectivity index (χ4v) is 3.33. The second-order valence-electron chi connectivity index (χ2n) is 7.17. The van der Waals surface area contributed by atoms with Crippen LogP contribution < -0.4 is 4.90 Å². The maximum Gasteiger partial charge on any atom is 0.225 e. The molecule has 140 valence electrons. The summed E-state index contributed by atoms with van der Waals surface area (Å²) in [5, 5.41) is 8.63. The van der Waals surface area contributed by atoms with Crippen molar-refractivity contribution < 1.29 is 4.79 Å². The van der Waals surface area contributed by atoms with Crippen molar-refractivity contribution in [2.24, 2.45) is 5.92 Å². The van der Waals surface area contributed by atoms with Crippen LogP contribution in [0.3, 0.4) is 0 Å². The summed E-state index contributed by atoms with van der Waals surface area (Å²) in [7, 11) is 0. The summed E-state index contributed by atoms with van der Waals surface area (Å²) < 4.78 is 1.73. The number of hydrogen-bond donors (Lipinski definition) is 0. The number of rotatable bonds is 3. The van der Waals surface area contributed by atoms with Gasteiger partial charge in [-0.25, -0.2) is 9.97 Å². The third-order valence-corrected chi connectivity index (χ3v) is 4.88. The van der Waals surface area contributed by atoms with Crippen LogP contribution in [0.5, 0.6) is 0 Å². The molecule has 2 aromatic heterocycles. The number of carbonyl (C=O) groups excluding carboxylic acids is 1. The average Bonchev–Trinajstić information content (AvgIpc) is 3.12. The fourth-order valence-electron chi connectivity index (χ4n) is 3.33. The zero-order valence-electron chi connectivity index (χ0n) is 15.8. The van der Waals surface area contributed by atoms with E-state index in [1.807, 2.05) is 49.9 Å². The van der Waals surface area contributed by atoms with Crippen molar-refractivity contribution in [1.82, 2.24) is 29.9 Å². The number of aryl methyl sites for hydroxylation is 1. The second-order valence-corrected chi connectivity index (χ2v) is 7.17. The molecule has 8 nitrogen and oxygen atoms in total. The average molecular weight is 365 g/mol. The molecule has 1 aromatic carbocycles.